The van der Waals surface area contributed by atoms with E-state index >= 15 is 0 Å². The summed E-state index contributed by atoms with van der Waals surface area (Å²) in [5, 5.41) is 0. The number of carbonyl (C=O) groups excluding carboxylic acids is 1. The molecule has 1 amide bonds. The van der Waals surface area contributed by atoms with Gasteiger partial charge in [-0.3, -0.25) is 9.69 Å². The molecule has 0 aromatic rings. The summed E-state index contributed by atoms with van der Waals surface area (Å²) in [5.74, 6) is 1.01. The maximum Gasteiger partial charge on any atom is 0.222 e. The SMILES string of the molecule is CC(C)CCC(=O)N1CCN(C2CC3(CCC3)C2)CC1. The predicted molar refractivity (Wildman–Crippen MR) is 81.5 cm³/mol. The van der Waals surface area contributed by atoms with Crippen molar-refractivity contribution in [3.8, 4) is 0 Å². The molecule has 0 unspecified atom stereocenters. The van der Waals surface area contributed by atoms with Gasteiger partial charge in [0, 0.05) is 38.6 Å². The van der Waals surface area contributed by atoms with Crippen LogP contribution in [0.4, 0.5) is 0 Å². The first kappa shape index (κ1) is 14.4. The Morgan fingerprint density at radius 1 is 1.15 bits per heavy atom. The molecule has 0 N–H and O–H groups in total. The lowest BCUT2D eigenvalue weighted by Gasteiger charge is -2.58. The van der Waals surface area contributed by atoms with Crippen LogP contribution in [0.15, 0.2) is 0 Å². The molecular weight excluding hydrogens is 248 g/mol. The summed E-state index contributed by atoms with van der Waals surface area (Å²) in [6.07, 6.45) is 9.08. The first-order valence-electron chi connectivity index (χ1n) is 8.60. The van der Waals surface area contributed by atoms with Gasteiger partial charge >= 0.3 is 0 Å². The number of hydrogen-bond donors (Lipinski definition) is 0. The highest BCUT2D eigenvalue weighted by Gasteiger charge is 2.50. The molecule has 0 aromatic carbocycles. The molecule has 0 aromatic heterocycles. The molecule has 3 heteroatoms. The fraction of sp³-hybridized carbons (Fsp3) is 0.941. The zero-order valence-electron chi connectivity index (χ0n) is 13.2. The summed E-state index contributed by atoms with van der Waals surface area (Å²) in [5.41, 5.74) is 0.773. The number of rotatable bonds is 4. The van der Waals surface area contributed by atoms with Crippen LogP contribution in [0.2, 0.25) is 0 Å². The van der Waals surface area contributed by atoms with Crippen LogP contribution in [0.1, 0.15) is 58.8 Å². The summed E-state index contributed by atoms with van der Waals surface area (Å²) >= 11 is 0. The van der Waals surface area contributed by atoms with Crippen molar-refractivity contribution >= 4 is 5.91 Å². The number of hydrogen-bond acceptors (Lipinski definition) is 2. The zero-order valence-corrected chi connectivity index (χ0v) is 13.2. The van der Waals surface area contributed by atoms with Crippen LogP contribution in [0.3, 0.4) is 0 Å². The van der Waals surface area contributed by atoms with Crippen molar-refractivity contribution in [3.63, 3.8) is 0 Å². The van der Waals surface area contributed by atoms with E-state index in [2.05, 4.69) is 23.6 Å². The minimum atomic E-state index is 0.377. The van der Waals surface area contributed by atoms with Gasteiger partial charge in [0.15, 0.2) is 0 Å². The first-order valence-corrected chi connectivity index (χ1v) is 8.60. The van der Waals surface area contributed by atoms with Crippen molar-refractivity contribution < 1.29 is 4.79 Å². The normalized spacial score (nSPS) is 26.6. The zero-order chi connectivity index (χ0) is 14.2. The number of piperazine rings is 1. The Bertz CT molecular complexity index is 346. The van der Waals surface area contributed by atoms with E-state index < -0.39 is 0 Å². The largest absolute Gasteiger partial charge is 0.340 e. The van der Waals surface area contributed by atoms with Crippen LogP contribution < -0.4 is 0 Å². The second-order valence-corrected chi connectivity index (χ2v) is 7.76. The summed E-state index contributed by atoms with van der Waals surface area (Å²) in [6, 6.07) is 0.836. The molecule has 114 valence electrons. The van der Waals surface area contributed by atoms with Crippen LogP contribution in [0, 0.1) is 11.3 Å². The van der Waals surface area contributed by atoms with Crippen molar-refractivity contribution in [2.24, 2.45) is 11.3 Å². The van der Waals surface area contributed by atoms with Crippen LogP contribution in [0.25, 0.3) is 0 Å². The predicted octanol–water partition coefficient (Wildman–Crippen LogP) is 2.90. The minimum Gasteiger partial charge on any atom is -0.340 e. The van der Waals surface area contributed by atoms with Crippen molar-refractivity contribution in [2.75, 3.05) is 26.2 Å². The average molecular weight is 278 g/mol. The van der Waals surface area contributed by atoms with Gasteiger partial charge in [-0.1, -0.05) is 20.3 Å². The molecular formula is C17H30N2O. The number of nitrogens with zero attached hydrogens (tertiary/aromatic N) is 2. The molecule has 0 radical (unpaired) electrons. The van der Waals surface area contributed by atoms with Crippen molar-refractivity contribution in [3.05, 3.63) is 0 Å². The van der Waals surface area contributed by atoms with E-state index in [1.54, 1.807) is 0 Å². The van der Waals surface area contributed by atoms with Crippen molar-refractivity contribution in [2.45, 2.75) is 64.8 Å². The monoisotopic (exact) mass is 278 g/mol. The van der Waals surface area contributed by atoms with Crippen LogP contribution in [0.5, 0.6) is 0 Å². The molecule has 0 bridgehead atoms. The highest BCUT2D eigenvalue weighted by Crippen LogP contribution is 2.57. The summed E-state index contributed by atoms with van der Waals surface area (Å²) in [7, 11) is 0. The van der Waals surface area contributed by atoms with Crippen molar-refractivity contribution in [1.29, 1.82) is 0 Å². The molecule has 2 saturated carbocycles. The summed E-state index contributed by atoms with van der Waals surface area (Å²) in [6.45, 7) is 8.51. The van der Waals surface area contributed by atoms with Crippen LogP contribution in [-0.4, -0.2) is 47.9 Å². The second-order valence-electron chi connectivity index (χ2n) is 7.76. The maximum atomic E-state index is 12.1. The highest BCUT2D eigenvalue weighted by molar-refractivity contribution is 5.76. The van der Waals surface area contributed by atoms with Gasteiger partial charge in [-0.2, -0.15) is 0 Å². The van der Waals surface area contributed by atoms with Gasteiger partial charge in [-0.05, 0) is 43.4 Å². The van der Waals surface area contributed by atoms with Gasteiger partial charge in [0.1, 0.15) is 0 Å². The van der Waals surface area contributed by atoms with Gasteiger partial charge in [0.2, 0.25) is 5.91 Å². The lowest BCUT2D eigenvalue weighted by atomic mass is 9.54. The molecule has 0 atom stereocenters. The van der Waals surface area contributed by atoms with Gasteiger partial charge in [-0.15, -0.1) is 0 Å². The summed E-state index contributed by atoms with van der Waals surface area (Å²) in [4.78, 5) is 16.9. The lowest BCUT2D eigenvalue weighted by molar-refractivity contribution is -0.135. The quantitative estimate of drug-likeness (QED) is 0.789. The molecule has 1 spiro atoms. The topological polar surface area (TPSA) is 23.6 Å². The van der Waals surface area contributed by atoms with E-state index in [-0.39, 0.29) is 0 Å². The standard InChI is InChI=1S/C17H30N2O/c1-14(2)4-5-16(20)19-10-8-18(9-11-19)15-12-17(13-15)6-3-7-17/h14-15H,3-13H2,1-2H3. The highest BCUT2D eigenvalue weighted by atomic mass is 16.2. The lowest BCUT2D eigenvalue weighted by Crippen LogP contribution is -2.59. The Hall–Kier alpha value is -0.570. The molecule has 3 aliphatic rings. The van der Waals surface area contributed by atoms with Gasteiger partial charge < -0.3 is 4.90 Å². The van der Waals surface area contributed by atoms with Gasteiger partial charge in [0.05, 0.1) is 0 Å². The smallest absolute Gasteiger partial charge is 0.222 e. The van der Waals surface area contributed by atoms with E-state index in [0.717, 1.165) is 50.5 Å². The second kappa shape index (κ2) is 5.67. The van der Waals surface area contributed by atoms with E-state index in [1.807, 2.05) is 0 Å². The molecule has 2 aliphatic carbocycles. The average Bonchev–Trinajstić information content (AvgIpc) is 2.33. The van der Waals surface area contributed by atoms with E-state index in [4.69, 9.17) is 0 Å². The molecule has 1 heterocycles. The summed E-state index contributed by atoms with van der Waals surface area (Å²) < 4.78 is 0. The van der Waals surface area contributed by atoms with Crippen LogP contribution in [-0.2, 0) is 4.79 Å². The Balaban J connectivity index is 1.38. The van der Waals surface area contributed by atoms with Gasteiger partial charge in [0.25, 0.3) is 0 Å². The van der Waals surface area contributed by atoms with Gasteiger partial charge in [-0.25, -0.2) is 0 Å². The molecule has 3 fully saturated rings. The van der Waals surface area contributed by atoms with E-state index in [1.165, 1.54) is 32.1 Å². The van der Waals surface area contributed by atoms with E-state index in [9.17, 15) is 4.79 Å². The number of carbonyl (C=O) groups is 1. The Labute approximate surface area is 123 Å². The molecule has 3 rings (SSSR count). The third kappa shape index (κ3) is 2.88. The number of amides is 1. The first-order chi connectivity index (χ1) is 9.58. The molecule has 20 heavy (non-hydrogen) atoms. The Morgan fingerprint density at radius 2 is 1.80 bits per heavy atom. The fourth-order valence-corrected chi connectivity index (χ4v) is 4.19. The minimum absolute atomic E-state index is 0.377. The molecule has 1 aliphatic heterocycles. The molecule has 3 nitrogen and oxygen atoms in total. The van der Waals surface area contributed by atoms with Crippen molar-refractivity contribution in [1.82, 2.24) is 9.80 Å². The molecule has 1 saturated heterocycles. The Kier molecular flexibility index (Phi) is 4.07. The maximum absolute atomic E-state index is 12.1. The van der Waals surface area contributed by atoms with E-state index in [0.29, 0.717) is 11.8 Å². The third-order valence-corrected chi connectivity index (χ3v) is 5.87. The van der Waals surface area contributed by atoms with Crippen LogP contribution >= 0.6 is 0 Å². The Morgan fingerprint density at radius 3 is 2.30 bits per heavy atom. The fourth-order valence-electron chi connectivity index (χ4n) is 4.19. The third-order valence-electron chi connectivity index (χ3n) is 5.87.